The monoisotopic (exact) mass is 302 g/mol. The predicted octanol–water partition coefficient (Wildman–Crippen LogP) is 3.42. The molecule has 1 amide bonds. The Kier molecular flexibility index (Phi) is 6.22. The first-order chi connectivity index (χ1) is 10.3. The van der Waals surface area contributed by atoms with Crippen molar-refractivity contribution in [3.05, 3.63) is 64.9 Å². The Morgan fingerprint density at radius 3 is 2.76 bits per heavy atom. The minimum Gasteiger partial charge on any atom is -0.356 e. The maximum absolute atomic E-state index is 11.8. The zero-order valence-corrected chi connectivity index (χ0v) is 12.6. The van der Waals surface area contributed by atoms with E-state index in [0.29, 0.717) is 19.4 Å². The second kappa shape index (κ2) is 8.42. The van der Waals surface area contributed by atoms with Crippen LogP contribution in [0.2, 0.25) is 5.02 Å². The average molecular weight is 303 g/mol. The molecule has 0 aliphatic heterocycles. The SMILES string of the molecule is O=C(CCc1ccccc1Cl)NCCCc1cccnc1. The lowest BCUT2D eigenvalue weighted by molar-refractivity contribution is -0.121. The number of halogens is 1. The zero-order chi connectivity index (χ0) is 14.9. The number of pyridine rings is 1. The van der Waals surface area contributed by atoms with Crippen LogP contribution < -0.4 is 5.32 Å². The van der Waals surface area contributed by atoms with E-state index in [9.17, 15) is 4.79 Å². The van der Waals surface area contributed by atoms with Crippen molar-refractivity contribution < 1.29 is 4.79 Å². The fourth-order valence-corrected chi connectivity index (χ4v) is 2.33. The van der Waals surface area contributed by atoms with Crippen LogP contribution in [0.5, 0.6) is 0 Å². The Morgan fingerprint density at radius 1 is 1.14 bits per heavy atom. The maximum atomic E-state index is 11.8. The summed E-state index contributed by atoms with van der Waals surface area (Å²) in [6.45, 7) is 0.691. The molecule has 0 saturated heterocycles. The van der Waals surface area contributed by atoms with Crippen molar-refractivity contribution in [2.75, 3.05) is 6.54 Å². The van der Waals surface area contributed by atoms with E-state index in [2.05, 4.69) is 10.3 Å². The van der Waals surface area contributed by atoms with E-state index in [0.717, 1.165) is 23.4 Å². The lowest BCUT2D eigenvalue weighted by atomic mass is 10.1. The van der Waals surface area contributed by atoms with Gasteiger partial charge >= 0.3 is 0 Å². The molecule has 1 heterocycles. The van der Waals surface area contributed by atoms with Crippen molar-refractivity contribution in [2.24, 2.45) is 0 Å². The van der Waals surface area contributed by atoms with Gasteiger partial charge in [0.25, 0.3) is 0 Å². The minimum absolute atomic E-state index is 0.0705. The summed E-state index contributed by atoms with van der Waals surface area (Å²) < 4.78 is 0. The van der Waals surface area contributed by atoms with E-state index in [4.69, 9.17) is 11.6 Å². The summed E-state index contributed by atoms with van der Waals surface area (Å²) in [5, 5.41) is 3.66. The van der Waals surface area contributed by atoms with Crippen molar-refractivity contribution in [1.29, 1.82) is 0 Å². The third-order valence-electron chi connectivity index (χ3n) is 3.27. The molecule has 4 heteroatoms. The molecule has 0 bridgehead atoms. The third kappa shape index (κ3) is 5.56. The minimum atomic E-state index is 0.0705. The van der Waals surface area contributed by atoms with Crippen molar-refractivity contribution in [3.8, 4) is 0 Å². The van der Waals surface area contributed by atoms with Gasteiger partial charge in [0, 0.05) is 30.4 Å². The molecule has 1 N–H and O–H groups in total. The topological polar surface area (TPSA) is 42.0 Å². The van der Waals surface area contributed by atoms with Crippen LogP contribution in [-0.2, 0) is 17.6 Å². The lowest BCUT2D eigenvalue weighted by Crippen LogP contribution is -2.25. The largest absolute Gasteiger partial charge is 0.356 e. The molecule has 0 aliphatic rings. The molecule has 1 aromatic carbocycles. The quantitative estimate of drug-likeness (QED) is 0.796. The van der Waals surface area contributed by atoms with Gasteiger partial charge in [0.05, 0.1) is 0 Å². The Balaban J connectivity index is 1.63. The number of carbonyl (C=O) groups is 1. The van der Waals surface area contributed by atoms with E-state index in [1.165, 1.54) is 5.56 Å². The summed E-state index contributed by atoms with van der Waals surface area (Å²) in [6, 6.07) is 11.6. The van der Waals surface area contributed by atoms with Gasteiger partial charge in [-0.15, -0.1) is 0 Å². The van der Waals surface area contributed by atoms with Crippen molar-refractivity contribution in [1.82, 2.24) is 10.3 Å². The molecule has 2 aromatic rings. The Labute approximate surface area is 130 Å². The smallest absolute Gasteiger partial charge is 0.220 e. The Hall–Kier alpha value is -1.87. The first kappa shape index (κ1) is 15.5. The van der Waals surface area contributed by atoms with Crippen LogP contribution in [0, 0.1) is 0 Å². The molecule has 0 fully saturated rings. The van der Waals surface area contributed by atoms with E-state index < -0.39 is 0 Å². The van der Waals surface area contributed by atoms with Crippen LogP contribution in [0.1, 0.15) is 24.0 Å². The molecule has 2 rings (SSSR count). The van der Waals surface area contributed by atoms with Crippen LogP contribution in [0.4, 0.5) is 0 Å². The highest BCUT2D eigenvalue weighted by Crippen LogP contribution is 2.16. The lowest BCUT2D eigenvalue weighted by Gasteiger charge is -2.06. The number of rotatable bonds is 7. The summed E-state index contributed by atoms with van der Waals surface area (Å²) in [5.74, 6) is 0.0705. The van der Waals surface area contributed by atoms with Gasteiger partial charge in [0.1, 0.15) is 0 Å². The third-order valence-corrected chi connectivity index (χ3v) is 3.64. The molecular formula is C17H19ClN2O. The Bertz CT molecular complexity index is 572. The fourth-order valence-electron chi connectivity index (χ4n) is 2.10. The second-order valence-electron chi connectivity index (χ2n) is 4.91. The molecule has 1 aromatic heterocycles. The summed E-state index contributed by atoms with van der Waals surface area (Å²) in [5.41, 5.74) is 2.22. The second-order valence-corrected chi connectivity index (χ2v) is 5.31. The highest BCUT2D eigenvalue weighted by atomic mass is 35.5. The van der Waals surface area contributed by atoms with Crippen LogP contribution in [0.25, 0.3) is 0 Å². The number of aryl methyl sites for hydroxylation is 2. The molecule has 0 saturated carbocycles. The summed E-state index contributed by atoms with van der Waals surface area (Å²) in [6.07, 6.45) is 6.62. The van der Waals surface area contributed by atoms with Crippen molar-refractivity contribution >= 4 is 17.5 Å². The van der Waals surface area contributed by atoms with Crippen LogP contribution in [0.15, 0.2) is 48.8 Å². The van der Waals surface area contributed by atoms with Gasteiger partial charge in [-0.25, -0.2) is 0 Å². The van der Waals surface area contributed by atoms with Gasteiger partial charge < -0.3 is 5.32 Å². The Morgan fingerprint density at radius 2 is 2.00 bits per heavy atom. The molecule has 0 aliphatic carbocycles. The predicted molar refractivity (Wildman–Crippen MR) is 85.3 cm³/mol. The number of amides is 1. The van der Waals surface area contributed by atoms with Gasteiger partial charge in [0.2, 0.25) is 5.91 Å². The first-order valence-corrected chi connectivity index (χ1v) is 7.52. The van der Waals surface area contributed by atoms with Gasteiger partial charge in [-0.3, -0.25) is 9.78 Å². The molecule has 0 atom stereocenters. The van der Waals surface area contributed by atoms with Gasteiger partial charge in [-0.2, -0.15) is 0 Å². The summed E-state index contributed by atoms with van der Waals surface area (Å²) in [7, 11) is 0. The van der Waals surface area contributed by atoms with E-state index in [1.54, 1.807) is 6.20 Å². The molecule has 21 heavy (non-hydrogen) atoms. The number of carbonyl (C=O) groups excluding carboxylic acids is 1. The van der Waals surface area contributed by atoms with Crippen molar-refractivity contribution in [2.45, 2.75) is 25.7 Å². The fraction of sp³-hybridized carbons (Fsp3) is 0.294. The van der Waals surface area contributed by atoms with E-state index in [-0.39, 0.29) is 5.91 Å². The molecular weight excluding hydrogens is 284 g/mol. The van der Waals surface area contributed by atoms with Gasteiger partial charge in [0.15, 0.2) is 0 Å². The van der Waals surface area contributed by atoms with Crippen LogP contribution in [0.3, 0.4) is 0 Å². The number of nitrogens with zero attached hydrogens (tertiary/aromatic N) is 1. The number of hydrogen-bond donors (Lipinski definition) is 1. The number of benzene rings is 1. The molecule has 0 unspecified atom stereocenters. The highest BCUT2D eigenvalue weighted by molar-refractivity contribution is 6.31. The number of nitrogens with one attached hydrogen (secondary N) is 1. The molecule has 0 radical (unpaired) electrons. The highest BCUT2D eigenvalue weighted by Gasteiger charge is 2.04. The van der Waals surface area contributed by atoms with Crippen LogP contribution >= 0.6 is 11.6 Å². The maximum Gasteiger partial charge on any atom is 0.220 e. The number of aromatic nitrogens is 1. The van der Waals surface area contributed by atoms with Crippen LogP contribution in [-0.4, -0.2) is 17.4 Å². The van der Waals surface area contributed by atoms with E-state index in [1.807, 2.05) is 42.6 Å². The van der Waals surface area contributed by atoms with Gasteiger partial charge in [-0.05, 0) is 42.5 Å². The molecule has 0 spiro atoms. The number of hydrogen-bond acceptors (Lipinski definition) is 2. The first-order valence-electron chi connectivity index (χ1n) is 7.15. The zero-order valence-electron chi connectivity index (χ0n) is 11.9. The molecule has 3 nitrogen and oxygen atoms in total. The molecule has 110 valence electrons. The van der Waals surface area contributed by atoms with Crippen molar-refractivity contribution in [3.63, 3.8) is 0 Å². The average Bonchev–Trinajstić information content (AvgIpc) is 2.52. The summed E-state index contributed by atoms with van der Waals surface area (Å²) in [4.78, 5) is 15.8. The summed E-state index contributed by atoms with van der Waals surface area (Å²) >= 11 is 6.06. The van der Waals surface area contributed by atoms with Gasteiger partial charge in [-0.1, -0.05) is 35.9 Å². The normalized spacial score (nSPS) is 10.3. The standard InChI is InChI=1S/C17H19ClN2O/c18-16-8-2-1-7-15(16)9-10-17(21)20-12-4-6-14-5-3-11-19-13-14/h1-3,5,7-8,11,13H,4,6,9-10,12H2,(H,20,21). The van der Waals surface area contributed by atoms with E-state index >= 15 is 0 Å².